The molecule has 0 saturated carbocycles. The lowest BCUT2D eigenvalue weighted by molar-refractivity contribution is 0.383. The minimum absolute atomic E-state index is 0.190. The van der Waals surface area contributed by atoms with Gasteiger partial charge in [0.25, 0.3) is 0 Å². The summed E-state index contributed by atoms with van der Waals surface area (Å²) >= 11 is 3.62. The predicted molar refractivity (Wildman–Crippen MR) is 146 cm³/mol. The molecule has 6 rings (SSSR count). The quantitative estimate of drug-likeness (QED) is 0.249. The molecule has 0 amide bonds. The summed E-state index contributed by atoms with van der Waals surface area (Å²) < 4.78 is 1.03. The molecule has 1 unspecified atom stereocenters. The zero-order valence-electron chi connectivity index (χ0n) is 18.7. The van der Waals surface area contributed by atoms with E-state index in [2.05, 4.69) is 125 Å². The molecule has 4 heteroatoms. The molecule has 1 heterocycles. The molecule has 164 valence electrons. The van der Waals surface area contributed by atoms with E-state index in [0.29, 0.717) is 0 Å². The van der Waals surface area contributed by atoms with Crippen molar-refractivity contribution in [2.45, 2.75) is 6.17 Å². The number of benzene rings is 5. The van der Waals surface area contributed by atoms with Crippen molar-refractivity contribution in [2.75, 3.05) is 7.05 Å². The fraction of sp³-hybridized carbons (Fsp3) is 0.0667. The van der Waals surface area contributed by atoms with Crippen LogP contribution in [0, 0.1) is 0 Å². The van der Waals surface area contributed by atoms with Gasteiger partial charge in [0.15, 0.2) is 12.0 Å². The van der Waals surface area contributed by atoms with Gasteiger partial charge in [-0.15, -0.1) is 0 Å². The molecule has 5 aromatic rings. The Kier molecular flexibility index (Phi) is 5.23. The number of amidine groups is 2. The minimum Gasteiger partial charge on any atom is -0.333 e. The van der Waals surface area contributed by atoms with Crippen LogP contribution in [0.15, 0.2) is 124 Å². The van der Waals surface area contributed by atoms with Crippen molar-refractivity contribution in [1.29, 1.82) is 0 Å². The molecule has 1 atom stereocenters. The SMILES string of the molecule is CN1C(c2cccc(Br)c2)=NC(c2cccc3ccccc23)=NC1c1ccc2ccccc2c1. The average Bonchev–Trinajstić information content (AvgIpc) is 2.88. The highest BCUT2D eigenvalue weighted by molar-refractivity contribution is 9.10. The maximum absolute atomic E-state index is 5.20. The van der Waals surface area contributed by atoms with Crippen LogP contribution in [0.5, 0.6) is 0 Å². The van der Waals surface area contributed by atoms with Crippen LogP contribution >= 0.6 is 15.9 Å². The second-order valence-corrected chi connectivity index (χ2v) is 9.43. The first-order valence-corrected chi connectivity index (χ1v) is 12.1. The van der Waals surface area contributed by atoms with Crippen molar-refractivity contribution < 1.29 is 0 Å². The first kappa shape index (κ1) is 20.8. The largest absolute Gasteiger partial charge is 0.333 e. The molecule has 3 nitrogen and oxygen atoms in total. The van der Waals surface area contributed by atoms with Crippen LogP contribution in [-0.4, -0.2) is 23.6 Å². The predicted octanol–water partition coefficient (Wildman–Crippen LogP) is 7.59. The Balaban J connectivity index is 1.56. The van der Waals surface area contributed by atoms with E-state index in [9.17, 15) is 0 Å². The summed E-state index contributed by atoms with van der Waals surface area (Å²) in [4.78, 5) is 12.5. The van der Waals surface area contributed by atoms with Gasteiger partial charge in [0.2, 0.25) is 0 Å². The van der Waals surface area contributed by atoms with E-state index in [1.165, 1.54) is 16.2 Å². The van der Waals surface area contributed by atoms with Gasteiger partial charge in [0.05, 0.1) is 0 Å². The molecule has 0 aliphatic carbocycles. The van der Waals surface area contributed by atoms with E-state index in [0.717, 1.165) is 38.2 Å². The summed E-state index contributed by atoms with van der Waals surface area (Å²) in [6.07, 6.45) is -0.190. The van der Waals surface area contributed by atoms with E-state index >= 15 is 0 Å². The standard InChI is InChI=1S/C30H22BrN3/c1-34-29(23-12-6-13-25(31)19-23)32-28(27-15-7-11-21-9-4-5-14-26(21)27)33-30(34)24-17-16-20-8-2-3-10-22(20)18-24/h2-19,30H,1H3. The summed E-state index contributed by atoms with van der Waals surface area (Å²) in [5, 5.41) is 4.77. The molecule has 0 N–H and O–H groups in total. The van der Waals surface area contributed by atoms with Gasteiger partial charge in [-0.05, 0) is 45.3 Å². The van der Waals surface area contributed by atoms with E-state index in [-0.39, 0.29) is 6.17 Å². The Morgan fingerprint density at radius 3 is 2.29 bits per heavy atom. The van der Waals surface area contributed by atoms with Crippen molar-refractivity contribution in [3.63, 3.8) is 0 Å². The lowest BCUT2D eigenvalue weighted by atomic mass is 10.0. The van der Waals surface area contributed by atoms with Gasteiger partial charge in [0, 0.05) is 22.6 Å². The van der Waals surface area contributed by atoms with Crippen LogP contribution in [0.25, 0.3) is 21.5 Å². The van der Waals surface area contributed by atoms with Crippen molar-refractivity contribution in [1.82, 2.24) is 4.90 Å². The number of hydrogen-bond acceptors (Lipinski definition) is 3. The number of halogens is 1. The smallest absolute Gasteiger partial charge is 0.160 e. The third-order valence-electron chi connectivity index (χ3n) is 6.34. The van der Waals surface area contributed by atoms with E-state index < -0.39 is 0 Å². The zero-order valence-corrected chi connectivity index (χ0v) is 20.3. The first-order chi connectivity index (χ1) is 16.7. The highest BCUT2D eigenvalue weighted by Crippen LogP contribution is 2.32. The summed E-state index contributed by atoms with van der Waals surface area (Å²) in [5.74, 6) is 1.65. The normalized spacial score (nSPS) is 15.9. The Morgan fingerprint density at radius 2 is 1.44 bits per heavy atom. The van der Waals surface area contributed by atoms with Crippen molar-refractivity contribution in [2.24, 2.45) is 9.98 Å². The molecule has 0 radical (unpaired) electrons. The van der Waals surface area contributed by atoms with Crippen LogP contribution in [-0.2, 0) is 0 Å². The second kappa shape index (κ2) is 8.54. The number of aliphatic imine (C=N–C) groups is 2. The van der Waals surface area contributed by atoms with Crippen LogP contribution in [0.4, 0.5) is 0 Å². The maximum atomic E-state index is 5.20. The van der Waals surface area contributed by atoms with Crippen LogP contribution in [0.3, 0.4) is 0 Å². The minimum atomic E-state index is -0.190. The lowest BCUT2D eigenvalue weighted by Crippen LogP contribution is -2.35. The van der Waals surface area contributed by atoms with Gasteiger partial charge in [-0.3, -0.25) is 0 Å². The van der Waals surface area contributed by atoms with Crippen LogP contribution < -0.4 is 0 Å². The third-order valence-corrected chi connectivity index (χ3v) is 6.84. The van der Waals surface area contributed by atoms with E-state index in [1.54, 1.807) is 0 Å². The van der Waals surface area contributed by atoms with Crippen molar-refractivity contribution in [3.8, 4) is 0 Å². The molecule has 0 spiro atoms. The Hall–Kier alpha value is -3.76. The molecule has 5 aromatic carbocycles. The Morgan fingerprint density at radius 1 is 0.706 bits per heavy atom. The fourth-order valence-corrected chi connectivity index (χ4v) is 5.04. The molecule has 0 fully saturated rings. The number of hydrogen-bond donors (Lipinski definition) is 0. The number of rotatable bonds is 3. The molecule has 34 heavy (non-hydrogen) atoms. The van der Waals surface area contributed by atoms with E-state index in [4.69, 9.17) is 9.98 Å². The molecule has 1 aliphatic heterocycles. The fourth-order valence-electron chi connectivity index (χ4n) is 4.64. The molecular formula is C30H22BrN3. The average molecular weight is 504 g/mol. The third kappa shape index (κ3) is 3.70. The van der Waals surface area contributed by atoms with Gasteiger partial charge >= 0.3 is 0 Å². The molecule has 1 aliphatic rings. The summed E-state index contributed by atoms with van der Waals surface area (Å²) in [7, 11) is 2.07. The second-order valence-electron chi connectivity index (χ2n) is 8.52. The van der Waals surface area contributed by atoms with Crippen LogP contribution in [0.2, 0.25) is 0 Å². The monoisotopic (exact) mass is 503 g/mol. The molecule has 0 aromatic heterocycles. The van der Waals surface area contributed by atoms with Gasteiger partial charge < -0.3 is 4.90 Å². The van der Waals surface area contributed by atoms with E-state index in [1.807, 2.05) is 12.1 Å². The first-order valence-electron chi connectivity index (χ1n) is 11.3. The van der Waals surface area contributed by atoms with Crippen molar-refractivity contribution >= 4 is 49.1 Å². The van der Waals surface area contributed by atoms with Gasteiger partial charge in [-0.25, -0.2) is 9.98 Å². The highest BCUT2D eigenvalue weighted by Gasteiger charge is 2.27. The van der Waals surface area contributed by atoms with Gasteiger partial charge in [-0.2, -0.15) is 0 Å². The Labute approximate surface area is 207 Å². The van der Waals surface area contributed by atoms with Crippen LogP contribution in [0.1, 0.15) is 22.9 Å². The maximum Gasteiger partial charge on any atom is 0.160 e. The molecular weight excluding hydrogens is 482 g/mol. The number of fused-ring (bicyclic) bond motifs is 2. The summed E-state index contributed by atoms with van der Waals surface area (Å²) in [6.45, 7) is 0. The van der Waals surface area contributed by atoms with Gasteiger partial charge in [0.1, 0.15) is 5.84 Å². The molecule has 0 saturated heterocycles. The number of nitrogens with zero attached hydrogens (tertiary/aromatic N) is 3. The summed E-state index contributed by atoms with van der Waals surface area (Å²) in [5.41, 5.74) is 3.24. The Bertz CT molecular complexity index is 1600. The van der Waals surface area contributed by atoms with Gasteiger partial charge in [-0.1, -0.05) is 107 Å². The highest BCUT2D eigenvalue weighted by atomic mass is 79.9. The summed E-state index contributed by atoms with van der Waals surface area (Å²) in [6, 6.07) is 38.1. The zero-order chi connectivity index (χ0) is 23.1. The van der Waals surface area contributed by atoms with Crippen molar-refractivity contribution in [3.05, 3.63) is 130 Å². The lowest BCUT2D eigenvalue weighted by Gasteiger charge is -2.32. The topological polar surface area (TPSA) is 28.0 Å². The molecule has 0 bridgehead atoms.